The topological polar surface area (TPSA) is 61.3 Å². The number of hydrogen-bond donors (Lipinski definition) is 0. The van der Waals surface area contributed by atoms with Crippen LogP contribution in [0.15, 0.2) is 47.9 Å². The van der Waals surface area contributed by atoms with E-state index in [4.69, 9.17) is 4.84 Å². The van der Waals surface area contributed by atoms with Crippen LogP contribution in [-0.4, -0.2) is 78.1 Å². The first-order valence-corrected chi connectivity index (χ1v) is 11.1. The molecule has 162 valence electrons. The third-order valence-corrected chi connectivity index (χ3v) is 6.94. The van der Waals surface area contributed by atoms with Gasteiger partial charge in [-0.15, -0.1) is 0 Å². The number of nitrogens with zero attached hydrogens (tertiary/aromatic N) is 5. The van der Waals surface area contributed by atoms with Gasteiger partial charge >= 0.3 is 0 Å². The number of pyridine rings is 1. The lowest BCUT2D eigenvalue weighted by Crippen LogP contribution is -2.50. The van der Waals surface area contributed by atoms with E-state index in [-0.39, 0.29) is 11.3 Å². The van der Waals surface area contributed by atoms with Crippen molar-refractivity contribution in [1.82, 2.24) is 19.7 Å². The van der Waals surface area contributed by atoms with Crippen LogP contribution >= 0.6 is 0 Å². The molecule has 0 bridgehead atoms. The zero-order valence-corrected chi connectivity index (χ0v) is 17.9. The molecule has 5 rings (SSSR count). The van der Waals surface area contributed by atoms with Crippen LogP contribution < -0.4 is 4.84 Å². The van der Waals surface area contributed by atoms with Crippen LogP contribution in [-0.2, 0) is 12.0 Å². The van der Waals surface area contributed by atoms with Crippen molar-refractivity contribution in [1.29, 1.82) is 0 Å². The fourth-order valence-corrected chi connectivity index (χ4v) is 4.95. The van der Waals surface area contributed by atoms with Gasteiger partial charge < -0.3 is 9.74 Å². The van der Waals surface area contributed by atoms with Crippen molar-refractivity contribution in [2.45, 2.75) is 24.8 Å². The zero-order valence-electron chi connectivity index (χ0n) is 17.9. The van der Waals surface area contributed by atoms with Crippen LogP contribution in [0.1, 0.15) is 34.3 Å². The van der Waals surface area contributed by atoms with E-state index in [9.17, 15) is 4.79 Å². The van der Waals surface area contributed by atoms with E-state index in [0.29, 0.717) is 0 Å². The van der Waals surface area contributed by atoms with E-state index >= 15 is 0 Å². The number of amides is 1. The lowest BCUT2D eigenvalue weighted by molar-refractivity contribution is 0.0656. The maximum Gasteiger partial charge on any atom is 0.255 e. The van der Waals surface area contributed by atoms with Gasteiger partial charge in [0.1, 0.15) is 0 Å². The molecule has 0 atom stereocenters. The molecule has 1 amide bonds. The molecule has 0 N–H and O–H groups in total. The Labute approximate surface area is 183 Å². The van der Waals surface area contributed by atoms with Gasteiger partial charge in [-0.3, -0.25) is 19.6 Å². The molecule has 1 aromatic heterocycles. The van der Waals surface area contributed by atoms with Crippen molar-refractivity contribution >= 4 is 12.6 Å². The Hall–Kier alpha value is -2.77. The van der Waals surface area contributed by atoms with Crippen LogP contribution in [0.3, 0.4) is 0 Å². The molecule has 7 heteroatoms. The van der Waals surface area contributed by atoms with Crippen molar-refractivity contribution in [3.8, 4) is 5.75 Å². The Balaban J connectivity index is 1.14. The monoisotopic (exact) mass is 419 g/mol. The number of fused-ring (bicyclic) bond motifs is 2. The molecule has 1 spiro atoms. The molecule has 1 aromatic carbocycles. The second kappa shape index (κ2) is 8.40. The highest BCUT2D eigenvalue weighted by molar-refractivity contribution is 5.97. The molecule has 0 radical (unpaired) electrons. The fraction of sp³-hybridized carbons (Fsp3) is 0.458. The summed E-state index contributed by atoms with van der Waals surface area (Å²) in [5, 5.41) is 3.56. The summed E-state index contributed by atoms with van der Waals surface area (Å²) in [5.41, 5.74) is 3.35. The number of aromatic nitrogens is 1. The van der Waals surface area contributed by atoms with Crippen molar-refractivity contribution in [2.75, 3.05) is 45.8 Å². The van der Waals surface area contributed by atoms with Gasteiger partial charge in [0.25, 0.3) is 5.91 Å². The van der Waals surface area contributed by atoms with Crippen LogP contribution in [0, 0.1) is 0 Å². The molecule has 2 fully saturated rings. The summed E-state index contributed by atoms with van der Waals surface area (Å²) in [7, 11) is 0. The highest BCUT2D eigenvalue weighted by Gasteiger charge is 2.51. The van der Waals surface area contributed by atoms with E-state index in [1.807, 2.05) is 30.5 Å². The van der Waals surface area contributed by atoms with Gasteiger partial charge in [0.15, 0.2) is 5.75 Å². The minimum absolute atomic E-state index is 0.145. The number of rotatable bonds is 7. The second-order valence-corrected chi connectivity index (χ2v) is 8.87. The summed E-state index contributed by atoms with van der Waals surface area (Å²) in [5.74, 6) is 0.916. The molecule has 3 aliphatic rings. The standard InChI is InChI=1S/C24H29N5O2/c1-25-31-22-5-3-2-4-19(22)17-28-12-10-27(11-13-28)14-15-29-18-24(7-8-24)21-6-9-26-16-20(21)23(29)30/h2-6,9,16H,1,7-8,10-15,17-18H2. The first-order chi connectivity index (χ1) is 15.2. The summed E-state index contributed by atoms with van der Waals surface area (Å²) in [6, 6.07) is 10.0. The van der Waals surface area contributed by atoms with Crippen LogP contribution in [0.5, 0.6) is 5.75 Å². The fourth-order valence-electron chi connectivity index (χ4n) is 4.95. The van der Waals surface area contributed by atoms with Gasteiger partial charge in [0, 0.05) is 82.4 Å². The Kier molecular flexibility index (Phi) is 5.46. The maximum atomic E-state index is 13.0. The summed E-state index contributed by atoms with van der Waals surface area (Å²) in [4.78, 5) is 29.4. The predicted molar refractivity (Wildman–Crippen MR) is 119 cm³/mol. The molecule has 7 nitrogen and oxygen atoms in total. The number of carbonyl (C=O) groups is 1. The van der Waals surface area contributed by atoms with Crippen molar-refractivity contribution in [3.05, 3.63) is 59.4 Å². The molecule has 1 saturated heterocycles. The SMILES string of the molecule is C=NOc1ccccc1CN1CCN(CCN2CC3(CC3)c3ccncc3C2=O)CC1. The number of carbonyl (C=O) groups excluding carboxylic acids is 1. The highest BCUT2D eigenvalue weighted by atomic mass is 16.6. The van der Waals surface area contributed by atoms with Gasteiger partial charge in [0.2, 0.25) is 0 Å². The van der Waals surface area contributed by atoms with Crippen LogP contribution in [0.4, 0.5) is 0 Å². The van der Waals surface area contributed by atoms with Crippen LogP contribution in [0.25, 0.3) is 0 Å². The number of para-hydroxylation sites is 1. The normalized spacial score (nSPS) is 20.5. The Bertz CT molecular complexity index is 966. The lowest BCUT2D eigenvalue weighted by atomic mass is 9.88. The van der Waals surface area contributed by atoms with Gasteiger partial charge in [-0.1, -0.05) is 23.4 Å². The number of hydrogen-bond acceptors (Lipinski definition) is 6. The van der Waals surface area contributed by atoms with Gasteiger partial charge in [-0.05, 0) is 30.5 Å². The van der Waals surface area contributed by atoms with Crippen molar-refractivity contribution in [3.63, 3.8) is 0 Å². The van der Waals surface area contributed by atoms with Gasteiger partial charge in [-0.25, -0.2) is 0 Å². The largest absolute Gasteiger partial charge is 0.357 e. The third-order valence-electron chi connectivity index (χ3n) is 6.94. The Morgan fingerprint density at radius 2 is 1.84 bits per heavy atom. The average molecular weight is 420 g/mol. The Morgan fingerprint density at radius 3 is 2.61 bits per heavy atom. The summed E-state index contributed by atoms with van der Waals surface area (Å²) < 4.78 is 0. The second-order valence-electron chi connectivity index (χ2n) is 8.87. The van der Waals surface area contributed by atoms with E-state index in [2.05, 4.69) is 37.6 Å². The minimum atomic E-state index is 0.145. The first kappa shape index (κ1) is 20.2. The smallest absolute Gasteiger partial charge is 0.255 e. The lowest BCUT2D eigenvalue weighted by Gasteiger charge is -2.38. The number of piperazine rings is 1. The predicted octanol–water partition coefficient (Wildman–Crippen LogP) is 2.38. The highest BCUT2D eigenvalue weighted by Crippen LogP contribution is 2.52. The number of oxime groups is 1. The van der Waals surface area contributed by atoms with Crippen LogP contribution in [0.2, 0.25) is 0 Å². The average Bonchev–Trinajstić information content (AvgIpc) is 3.58. The summed E-state index contributed by atoms with van der Waals surface area (Å²) in [6.45, 7) is 10.8. The molecule has 1 saturated carbocycles. The van der Waals surface area contributed by atoms with E-state index in [1.165, 1.54) is 18.4 Å². The molecule has 0 unspecified atom stereocenters. The molecule has 3 heterocycles. The third kappa shape index (κ3) is 4.07. The molecular formula is C24H29N5O2. The minimum Gasteiger partial charge on any atom is -0.357 e. The van der Waals surface area contributed by atoms with Crippen molar-refractivity contribution < 1.29 is 9.63 Å². The molecular weight excluding hydrogens is 390 g/mol. The quantitative estimate of drug-likeness (QED) is 0.509. The maximum absolute atomic E-state index is 13.0. The Morgan fingerprint density at radius 1 is 1.06 bits per heavy atom. The van der Waals surface area contributed by atoms with Gasteiger partial charge in [0.05, 0.1) is 5.56 Å². The summed E-state index contributed by atoms with van der Waals surface area (Å²) in [6.07, 6.45) is 5.93. The first-order valence-electron chi connectivity index (χ1n) is 11.1. The molecule has 31 heavy (non-hydrogen) atoms. The van der Waals surface area contributed by atoms with E-state index < -0.39 is 0 Å². The molecule has 1 aliphatic carbocycles. The number of benzene rings is 1. The zero-order chi connectivity index (χ0) is 21.3. The summed E-state index contributed by atoms with van der Waals surface area (Å²) >= 11 is 0. The van der Waals surface area contributed by atoms with Crippen molar-refractivity contribution in [2.24, 2.45) is 5.16 Å². The van der Waals surface area contributed by atoms with E-state index in [0.717, 1.165) is 69.2 Å². The van der Waals surface area contributed by atoms with E-state index in [1.54, 1.807) is 6.20 Å². The van der Waals surface area contributed by atoms with Gasteiger partial charge in [-0.2, -0.15) is 0 Å². The molecule has 2 aromatic rings. The molecule has 2 aliphatic heterocycles.